The van der Waals surface area contributed by atoms with Gasteiger partial charge in [0.25, 0.3) is 0 Å². The molecule has 0 bridgehead atoms. The van der Waals surface area contributed by atoms with Crippen LogP contribution in [-0.2, 0) is 4.79 Å². The number of pyridine rings is 1. The van der Waals surface area contributed by atoms with Gasteiger partial charge < -0.3 is 15.5 Å². The minimum absolute atomic E-state index is 0.0216. The number of aromatic nitrogens is 1. The van der Waals surface area contributed by atoms with Crippen LogP contribution < -0.4 is 15.5 Å². The van der Waals surface area contributed by atoms with E-state index >= 15 is 0 Å². The number of piperidine rings is 1. The Balaban J connectivity index is 1.54. The summed E-state index contributed by atoms with van der Waals surface area (Å²) >= 11 is 0. The fraction of sp³-hybridized carbons (Fsp3) is 0.429. The molecule has 5 heteroatoms. The van der Waals surface area contributed by atoms with Crippen LogP contribution in [0, 0.1) is 0 Å². The molecule has 1 saturated heterocycles. The zero-order chi connectivity index (χ0) is 18.2. The number of carbonyl (C=O) groups excluding carboxylic acids is 1. The summed E-state index contributed by atoms with van der Waals surface area (Å²) in [6.45, 7) is 4.38. The second kappa shape index (κ2) is 9.22. The molecule has 1 aromatic carbocycles. The fourth-order valence-corrected chi connectivity index (χ4v) is 3.16. The van der Waals surface area contributed by atoms with Crippen molar-refractivity contribution in [3.63, 3.8) is 0 Å². The van der Waals surface area contributed by atoms with Gasteiger partial charge in [-0.1, -0.05) is 13.3 Å². The van der Waals surface area contributed by atoms with E-state index in [4.69, 9.17) is 0 Å². The highest BCUT2D eigenvalue weighted by Gasteiger charge is 2.10. The second-order valence-corrected chi connectivity index (χ2v) is 6.80. The molecule has 0 spiro atoms. The van der Waals surface area contributed by atoms with Crippen LogP contribution in [0.3, 0.4) is 0 Å². The normalized spacial score (nSPS) is 14.1. The summed E-state index contributed by atoms with van der Waals surface area (Å²) in [5, 5.41) is 6.18. The van der Waals surface area contributed by atoms with Crippen molar-refractivity contribution in [1.82, 2.24) is 4.98 Å². The van der Waals surface area contributed by atoms with Gasteiger partial charge >= 0.3 is 0 Å². The van der Waals surface area contributed by atoms with E-state index in [9.17, 15) is 4.79 Å². The van der Waals surface area contributed by atoms with Crippen molar-refractivity contribution in [3.8, 4) is 0 Å². The Morgan fingerprint density at radius 2 is 1.77 bits per heavy atom. The van der Waals surface area contributed by atoms with Crippen LogP contribution in [0.1, 0.15) is 45.4 Å². The number of anilines is 4. The van der Waals surface area contributed by atoms with Crippen LogP contribution in [0.4, 0.5) is 22.9 Å². The number of benzene rings is 1. The van der Waals surface area contributed by atoms with E-state index in [1.54, 1.807) is 6.20 Å². The van der Waals surface area contributed by atoms with E-state index in [2.05, 4.69) is 51.7 Å². The minimum Gasteiger partial charge on any atom is -0.372 e. The van der Waals surface area contributed by atoms with E-state index in [0.29, 0.717) is 12.2 Å². The van der Waals surface area contributed by atoms with Crippen molar-refractivity contribution < 1.29 is 4.79 Å². The first-order chi connectivity index (χ1) is 12.7. The van der Waals surface area contributed by atoms with E-state index in [1.807, 2.05) is 12.1 Å². The SMILES string of the molecule is CCCCC(=O)Nc1ccc(Nc2ccc(N3CCCCC3)cc2)cn1. The largest absolute Gasteiger partial charge is 0.372 e. The van der Waals surface area contributed by atoms with Gasteiger partial charge in [-0.25, -0.2) is 4.98 Å². The number of unbranched alkanes of at least 4 members (excludes halogenated alkanes) is 1. The predicted octanol–water partition coefficient (Wildman–Crippen LogP) is 4.94. The Bertz CT molecular complexity index is 691. The number of rotatable bonds is 7. The molecule has 0 atom stereocenters. The number of carbonyl (C=O) groups is 1. The van der Waals surface area contributed by atoms with Gasteiger partial charge in [0, 0.05) is 30.9 Å². The molecule has 2 aromatic rings. The lowest BCUT2D eigenvalue weighted by Crippen LogP contribution is -2.29. The summed E-state index contributed by atoms with van der Waals surface area (Å²) in [7, 11) is 0. The molecule has 26 heavy (non-hydrogen) atoms. The van der Waals surface area contributed by atoms with Gasteiger partial charge in [-0.3, -0.25) is 4.79 Å². The number of hydrogen-bond acceptors (Lipinski definition) is 4. The summed E-state index contributed by atoms with van der Waals surface area (Å²) in [5.41, 5.74) is 3.23. The molecule has 0 aliphatic carbocycles. The maximum Gasteiger partial charge on any atom is 0.225 e. The van der Waals surface area contributed by atoms with Crippen LogP contribution in [0.5, 0.6) is 0 Å². The van der Waals surface area contributed by atoms with Crippen molar-refractivity contribution in [2.75, 3.05) is 28.6 Å². The number of hydrogen-bond donors (Lipinski definition) is 2. The summed E-state index contributed by atoms with van der Waals surface area (Å²) in [4.78, 5) is 18.5. The topological polar surface area (TPSA) is 57.3 Å². The van der Waals surface area contributed by atoms with Crippen LogP contribution in [0.25, 0.3) is 0 Å². The molecule has 2 N–H and O–H groups in total. The molecule has 1 aromatic heterocycles. The molecule has 0 radical (unpaired) electrons. The highest BCUT2D eigenvalue weighted by molar-refractivity contribution is 5.89. The molecule has 3 rings (SSSR count). The monoisotopic (exact) mass is 352 g/mol. The van der Waals surface area contributed by atoms with Gasteiger partial charge in [-0.05, 0) is 62.1 Å². The van der Waals surface area contributed by atoms with Crippen molar-refractivity contribution in [2.45, 2.75) is 45.4 Å². The fourth-order valence-electron chi connectivity index (χ4n) is 3.16. The standard InChI is InChI=1S/C21H28N4O/c1-2-3-7-21(26)24-20-13-10-18(16-22-20)23-17-8-11-19(12-9-17)25-14-5-4-6-15-25/h8-13,16,23H,2-7,14-15H2,1H3,(H,22,24,26). The Morgan fingerprint density at radius 3 is 2.42 bits per heavy atom. The van der Waals surface area contributed by atoms with E-state index in [0.717, 1.165) is 37.3 Å². The zero-order valence-corrected chi connectivity index (χ0v) is 15.5. The maximum absolute atomic E-state index is 11.7. The first-order valence-corrected chi connectivity index (χ1v) is 9.62. The quantitative estimate of drug-likeness (QED) is 0.741. The number of nitrogens with zero attached hydrogens (tertiary/aromatic N) is 2. The summed E-state index contributed by atoms with van der Waals surface area (Å²) in [6, 6.07) is 12.3. The van der Waals surface area contributed by atoms with Crippen LogP contribution in [-0.4, -0.2) is 24.0 Å². The van der Waals surface area contributed by atoms with Crippen LogP contribution in [0.15, 0.2) is 42.6 Å². The van der Waals surface area contributed by atoms with Gasteiger partial charge in [-0.2, -0.15) is 0 Å². The Kier molecular flexibility index (Phi) is 6.47. The van der Waals surface area contributed by atoms with Crippen molar-refractivity contribution in [3.05, 3.63) is 42.6 Å². The van der Waals surface area contributed by atoms with Gasteiger partial charge in [0.05, 0.1) is 11.9 Å². The molecule has 1 amide bonds. The lowest BCUT2D eigenvalue weighted by Gasteiger charge is -2.28. The summed E-state index contributed by atoms with van der Waals surface area (Å²) < 4.78 is 0. The third kappa shape index (κ3) is 5.22. The highest BCUT2D eigenvalue weighted by Crippen LogP contribution is 2.23. The second-order valence-electron chi connectivity index (χ2n) is 6.80. The first kappa shape index (κ1) is 18.2. The average Bonchev–Trinajstić information content (AvgIpc) is 2.69. The molecular weight excluding hydrogens is 324 g/mol. The molecule has 138 valence electrons. The van der Waals surface area contributed by atoms with Crippen molar-refractivity contribution in [1.29, 1.82) is 0 Å². The lowest BCUT2D eigenvalue weighted by molar-refractivity contribution is -0.116. The minimum atomic E-state index is 0.0216. The first-order valence-electron chi connectivity index (χ1n) is 9.62. The maximum atomic E-state index is 11.7. The Labute approximate surface area is 155 Å². The molecule has 1 aliphatic rings. The average molecular weight is 352 g/mol. The molecule has 0 saturated carbocycles. The van der Waals surface area contributed by atoms with Crippen molar-refractivity contribution in [2.24, 2.45) is 0 Å². The van der Waals surface area contributed by atoms with Crippen molar-refractivity contribution >= 4 is 28.8 Å². The third-order valence-corrected chi connectivity index (χ3v) is 4.67. The van der Waals surface area contributed by atoms with E-state index < -0.39 is 0 Å². The number of amides is 1. The van der Waals surface area contributed by atoms with Crippen LogP contribution >= 0.6 is 0 Å². The molecule has 2 heterocycles. The lowest BCUT2D eigenvalue weighted by atomic mass is 10.1. The molecular formula is C21H28N4O. The van der Waals surface area contributed by atoms with E-state index in [1.165, 1.54) is 24.9 Å². The summed E-state index contributed by atoms with van der Waals surface area (Å²) in [5.74, 6) is 0.616. The summed E-state index contributed by atoms with van der Waals surface area (Å²) in [6.07, 6.45) is 8.12. The van der Waals surface area contributed by atoms with Gasteiger partial charge in [0.1, 0.15) is 5.82 Å². The molecule has 5 nitrogen and oxygen atoms in total. The van der Waals surface area contributed by atoms with E-state index in [-0.39, 0.29) is 5.91 Å². The van der Waals surface area contributed by atoms with Gasteiger partial charge in [0.2, 0.25) is 5.91 Å². The zero-order valence-electron chi connectivity index (χ0n) is 15.5. The molecule has 0 unspecified atom stereocenters. The Hall–Kier alpha value is -2.56. The number of nitrogens with one attached hydrogen (secondary N) is 2. The smallest absolute Gasteiger partial charge is 0.225 e. The highest BCUT2D eigenvalue weighted by atomic mass is 16.1. The third-order valence-electron chi connectivity index (χ3n) is 4.67. The molecule has 1 aliphatic heterocycles. The van der Waals surface area contributed by atoms with Gasteiger partial charge in [-0.15, -0.1) is 0 Å². The van der Waals surface area contributed by atoms with Crippen LogP contribution in [0.2, 0.25) is 0 Å². The molecule has 1 fully saturated rings. The Morgan fingerprint density at radius 1 is 1.04 bits per heavy atom. The van der Waals surface area contributed by atoms with Gasteiger partial charge in [0.15, 0.2) is 0 Å². The predicted molar refractivity (Wildman–Crippen MR) is 108 cm³/mol.